The molecule has 0 unspecified atom stereocenters. The van der Waals surface area contributed by atoms with Gasteiger partial charge in [-0.05, 0) is 43.7 Å². The number of nitrogens with zero attached hydrogens (tertiary/aromatic N) is 4. The molecule has 0 amide bonds. The molecule has 1 fully saturated rings. The van der Waals surface area contributed by atoms with Gasteiger partial charge in [-0.2, -0.15) is 5.10 Å². The minimum absolute atomic E-state index is 0.184. The lowest BCUT2D eigenvalue weighted by Gasteiger charge is -2.36. The lowest BCUT2D eigenvalue weighted by molar-refractivity contribution is -0.00545. The number of hydrogen-bond donors (Lipinski definition) is 1. The molecule has 1 aliphatic heterocycles. The summed E-state index contributed by atoms with van der Waals surface area (Å²) in [6, 6.07) is 13.8. The zero-order chi connectivity index (χ0) is 20.2. The van der Waals surface area contributed by atoms with Gasteiger partial charge in [0.1, 0.15) is 11.6 Å². The highest BCUT2D eigenvalue weighted by Crippen LogP contribution is 2.26. The quantitative estimate of drug-likeness (QED) is 0.707. The number of methoxy groups -OCH3 is 1. The molecule has 2 aromatic heterocycles. The number of morpholine rings is 1. The van der Waals surface area contributed by atoms with Crippen LogP contribution < -0.4 is 15.0 Å². The summed E-state index contributed by atoms with van der Waals surface area (Å²) in [7, 11) is 1.66. The molecule has 7 nitrogen and oxygen atoms in total. The van der Waals surface area contributed by atoms with Crippen LogP contribution in [0.3, 0.4) is 0 Å². The Kier molecular flexibility index (Phi) is 5.57. The van der Waals surface area contributed by atoms with Gasteiger partial charge in [-0.25, -0.2) is 4.98 Å². The Morgan fingerprint density at radius 2 is 1.79 bits per heavy atom. The smallest absolute Gasteiger partial charge is 0.153 e. The Morgan fingerprint density at radius 3 is 2.52 bits per heavy atom. The Labute approximate surface area is 170 Å². The highest BCUT2D eigenvalue weighted by Gasteiger charge is 2.23. The second-order valence-electron chi connectivity index (χ2n) is 7.25. The number of pyridine rings is 1. The number of benzene rings is 1. The van der Waals surface area contributed by atoms with E-state index in [1.165, 1.54) is 0 Å². The van der Waals surface area contributed by atoms with E-state index in [1.54, 1.807) is 13.3 Å². The van der Waals surface area contributed by atoms with Gasteiger partial charge in [-0.15, -0.1) is 5.10 Å². The summed E-state index contributed by atoms with van der Waals surface area (Å²) in [5.74, 6) is 2.43. The summed E-state index contributed by atoms with van der Waals surface area (Å²) in [4.78, 5) is 6.79. The fourth-order valence-electron chi connectivity index (χ4n) is 3.55. The molecule has 2 atom stereocenters. The second-order valence-corrected chi connectivity index (χ2v) is 7.25. The average Bonchev–Trinajstić information content (AvgIpc) is 2.73. The van der Waals surface area contributed by atoms with Crippen LogP contribution in [0.15, 0.2) is 54.9 Å². The third-order valence-electron chi connectivity index (χ3n) is 4.84. The van der Waals surface area contributed by atoms with Crippen LogP contribution in [0, 0.1) is 0 Å². The first-order valence-electron chi connectivity index (χ1n) is 9.71. The molecular formula is C22H25N5O2. The minimum Gasteiger partial charge on any atom is -0.497 e. The second kappa shape index (κ2) is 8.45. The van der Waals surface area contributed by atoms with Gasteiger partial charge in [0, 0.05) is 36.6 Å². The number of nitrogens with one attached hydrogen (secondary N) is 1. The van der Waals surface area contributed by atoms with Crippen molar-refractivity contribution in [3.63, 3.8) is 0 Å². The van der Waals surface area contributed by atoms with E-state index in [2.05, 4.69) is 39.2 Å². The molecule has 7 heteroatoms. The van der Waals surface area contributed by atoms with Crippen molar-refractivity contribution < 1.29 is 9.47 Å². The van der Waals surface area contributed by atoms with E-state index in [1.807, 2.05) is 48.7 Å². The van der Waals surface area contributed by atoms with Gasteiger partial charge >= 0.3 is 0 Å². The third kappa shape index (κ3) is 4.63. The van der Waals surface area contributed by atoms with Crippen molar-refractivity contribution in [2.75, 3.05) is 30.4 Å². The molecule has 0 aliphatic carbocycles. The fraction of sp³-hybridized carbons (Fsp3) is 0.318. The highest BCUT2D eigenvalue weighted by molar-refractivity contribution is 5.68. The van der Waals surface area contributed by atoms with Crippen molar-refractivity contribution in [2.24, 2.45) is 0 Å². The van der Waals surface area contributed by atoms with Crippen molar-refractivity contribution in [3.8, 4) is 16.9 Å². The van der Waals surface area contributed by atoms with Crippen molar-refractivity contribution in [2.45, 2.75) is 26.1 Å². The Bertz CT molecular complexity index is 953. The Morgan fingerprint density at radius 1 is 1.03 bits per heavy atom. The topological polar surface area (TPSA) is 72.4 Å². The lowest BCUT2D eigenvalue weighted by atomic mass is 10.1. The zero-order valence-electron chi connectivity index (χ0n) is 16.9. The molecule has 3 aromatic rings. The van der Waals surface area contributed by atoms with Gasteiger partial charge in [0.2, 0.25) is 0 Å². The molecule has 150 valence electrons. The van der Waals surface area contributed by atoms with Crippen LogP contribution >= 0.6 is 0 Å². The molecular weight excluding hydrogens is 366 g/mol. The predicted molar refractivity (Wildman–Crippen MR) is 114 cm³/mol. The van der Waals surface area contributed by atoms with E-state index < -0.39 is 0 Å². The number of anilines is 3. The summed E-state index contributed by atoms with van der Waals surface area (Å²) in [5, 5.41) is 11.7. The molecule has 1 aromatic carbocycles. The summed E-state index contributed by atoms with van der Waals surface area (Å²) < 4.78 is 11.0. The first-order chi connectivity index (χ1) is 14.1. The summed E-state index contributed by atoms with van der Waals surface area (Å²) in [6.45, 7) is 5.83. The van der Waals surface area contributed by atoms with Gasteiger partial charge in [0.25, 0.3) is 0 Å². The maximum absolute atomic E-state index is 5.82. The van der Waals surface area contributed by atoms with E-state index in [0.717, 1.165) is 41.5 Å². The van der Waals surface area contributed by atoms with Crippen LogP contribution in [0.5, 0.6) is 5.75 Å². The molecule has 0 saturated carbocycles. The SMILES string of the molecule is COc1ccc(-c2cnnc(Nc3ccnc(N4C[C@@H](C)O[C@@H](C)C4)c3)c2)cc1. The minimum atomic E-state index is 0.184. The van der Waals surface area contributed by atoms with Crippen LogP contribution in [0.2, 0.25) is 0 Å². The maximum atomic E-state index is 5.82. The summed E-state index contributed by atoms with van der Waals surface area (Å²) in [6.07, 6.45) is 3.93. The number of ether oxygens (including phenoxy) is 2. The maximum Gasteiger partial charge on any atom is 0.153 e. The molecule has 0 spiro atoms. The van der Waals surface area contributed by atoms with Gasteiger partial charge < -0.3 is 19.7 Å². The zero-order valence-corrected chi connectivity index (χ0v) is 16.9. The van der Waals surface area contributed by atoms with Gasteiger partial charge in [0.15, 0.2) is 5.82 Å². The van der Waals surface area contributed by atoms with Crippen LogP contribution in [-0.2, 0) is 4.74 Å². The first kappa shape index (κ1) is 19.1. The molecule has 1 N–H and O–H groups in total. The van der Waals surface area contributed by atoms with Gasteiger partial charge in [-0.3, -0.25) is 0 Å². The third-order valence-corrected chi connectivity index (χ3v) is 4.84. The monoisotopic (exact) mass is 391 g/mol. The molecule has 1 saturated heterocycles. The van der Waals surface area contributed by atoms with Crippen LogP contribution in [-0.4, -0.2) is 47.6 Å². The van der Waals surface area contributed by atoms with E-state index in [0.29, 0.717) is 5.82 Å². The Balaban J connectivity index is 1.52. The molecule has 0 radical (unpaired) electrons. The van der Waals surface area contributed by atoms with Gasteiger partial charge in [-0.1, -0.05) is 12.1 Å². The van der Waals surface area contributed by atoms with Crippen LogP contribution in [0.4, 0.5) is 17.3 Å². The van der Waals surface area contributed by atoms with Crippen molar-refractivity contribution in [1.82, 2.24) is 15.2 Å². The van der Waals surface area contributed by atoms with Gasteiger partial charge in [0.05, 0.1) is 25.5 Å². The van der Waals surface area contributed by atoms with E-state index in [-0.39, 0.29) is 12.2 Å². The van der Waals surface area contributed by atoms with Crippen LogP contribution in [0.1, 0.15) is 13.8 Å². The number of hydrogen-bond acceptors (Lipinski definition) is 7. The van der Waals surface area contributed by atoms with E-state index in [4.69, 9.17) is 9.47 Å². The molecule has 3 heterocycles. The van der Waals surface area contributed by atoms with Crippen molar-refractivity contribution >= 4 is 17.3 Å². The van der Waals surface area contributed by atoms with Crippen LogP contribution in [0.25, 0.3) is 11.1 Å². The number of aromatic nitrogens is 3. The molecule has 29 heavy (non-hydrogen) atoms. The van der Waals surface area contributed by atoms with Crippen molar-refractivity contribution in [3.05, 3.63) is 54.9 Å². The standard InChI is InChI=1S/C22H25N5O2/c1-15-13-27(14-16(2)29-15)22-11-19(8-9-23-22)25-21-10-18(12-24-26-21)17-4-6-20(28-3)7-5-17/h4-12,15-16H,13-14H2,1-3H3,(H,23,25,26)/t15-,16+. The molecule has 4 rings (SSSR count). The Hall–Kier alpha value is -3.19. The summed E-state index contributed by atoms with van der Waals surface area (Å²) in [5.41, 5.74) is 2.95. The van der Waals surface area contributed by atoms with E-state index >= 15 is 0 Å². The highest BCUT2D eigenvalue weighted by atomic mass is 16.5. The number of rotatable bonds is 5. The first-order valence-corrected chi connectivity index (χ1v) is 9.71. The predicted octanol–water partition coefficient (Wildman–Crippen LogP) is 3.90. The largest absolute Gasteiger partial charge is 0.497 e. The molecule has 0 bridgehead atoms. The average molecular weight is 391 g/mol. The van der Waals surface area contributed by atoms with E-state index in [9.17, 15) is 0 Å². The lowest BCUT2D eigenvalue weighted by Crippen LogP contribution is -2.45. The summed E-state index contributed by atoms with van der Waals surface area (Å²) >= 11 is 0. The van der Waals surface area contributed by atoms with Crippen molar-refractivity contribution in [1.29, 1.82) is 0 Å². The normalized spacial score (nSPS) is 19.1. The fourth-order valence-corrected chi connectivity index (χ4v) is 3.55. The molecule has 1 aliphatic rings.